The number of carbonyl (C=O) groups excluding carboxylic acids is 1. The number of methoxy groups -OCH3 is 2. The van der Waals surface area contributed by atoms with E-state index in [-0.39, 0.29) is 5.91 Å². The van der Waals surface area contributed by atoms with Crippen LogP contribution in [0.15, 0.2) is 18.2 Å². The van der Waals surface area contributed by atoms with Crippen LogP contribution in [0, 0.1) is 0 Å². The zero-order chi connectivity index (χ0) is 16.4. The largest absolute Gasteiger partial charge is 0.497 e. The third kappa shape index (κ3) is 3.02. The molecule has 23 heavy (non-hydrogen) atoms. The zero-order valence-corrected chi connectivity index (χ0v) is 14.2. The number of likely N-dealkylation sites (tertiary alicyclic amines) is 2. The number of nitrogens with zero attached hydrogens (tertiary/aromatic N) is 2. The molecule has 1 aromatic carbocycles. The summed E-state index contributed by atoms with van der Waals surface area (Å²) in [6, 6.07) is 6.21. The third-order valence-corrected chi connectivity index (χ3v) is 5.22. The summed E-state index contributed by atoms with van der Waals surface area (Å²) in [5.41, 5.74) is 0.597. The molecular formula is C18H26N2O3. The van der Waals surface area contributed by atoms with Gasteiger partial charge in [-0.2, -0.15) is 0 Å². The summed E-state index contributed by atoms with van der Waals surface area (Å²) in [5.74, 6) is 1.35. The number of hydrogen-bond acceptors (Lipinski definition) is 4. The molecule has 0 spiro atoms. The molecule has 0 radical (unpaired) electrons. The summed E-state index contributed by atoms with van der Waals surface area (Å²) in [5, 5.41) is 0. The number of amides is 1. The van der Waals surface area contributed by atoms with Gasteiger partial charge in [0, 0.05) is 18.6 Å². The highest BCUT2D eigenvalue weighted by atomic mass is 16.5. The van der Waals surface area contributed by atoms with Crippen LogP contribution in [0.2, 0.25) is 0 Å². The van der Waals surface area contributed by atoms with Gasteiger partial charge in [-0.25, -0.2) is 0 Å². The lowest BCUT2D eigenvalue weighted by Crippen LogP contribution is -2.47. The van der Waals surface area contributed by atoms with Gasteiger partial charge in [0.1, 0.15) is 11.5 Å². The summed E-state index contributed by atoms with van der Waals surface area (Å²) < 4.78 is 10.7. The second kappa shape index (κ2) is 6.79. The van der Waals surface area contributed by atoms with Crippen molar-refractivity contribution in [1.82, 2.24) is 9.80 Å². The third-order valence-electron chi connectivity index (χ3n) is 5.22. The summed E-state index contributed by atoms with van der Waals surface area (Å²) in [7, 11) is 5.39. The van der Waals surface area contributed by atoms with Gasteiger partial charge in [-0.1, -0.05) is 0 Å². The molecule has 5 heteroatoms. The quantitative estimate of drug-likeness (QED) is 0.855. The van der Waals surface area contributed by atoms with Crippen LogP contribution in [0.4, 0.5) is 0 Å². The fraction of sp³-hybridized carbons (Fsp3) is 0.611. The van der Waals surface area contributed by atoms with Crippen LogP contribution in [0.3, 0.4) is 0 Å². The Morgan fingerprint density at radius 3 is 2.48 bits per heavy atom. The van der Waals surface area contributed by atoms with Crippen molar-refractivity contribution in [2.45, 2.75) is 37.8 Å². The van der Waals surface area contributed by atoms with Gasteiger partial charge in [-0.05, 0) is 57.5 Å². The zero-order valence-electron chi connectivity index (χ0n) is 14.2. The molecule has 1 amide bonds. The minimum atomic E-state index is 0.0588. The Kier molecular flexibility index (Phi) is 4.76. The number of benzene rings is 1. The minimum Gasteiger partial charge on any atom is -0.497 e. The molecule has 2 heterocycles. The predicted octanol–water partition coefficient (Wildman–Crippen LogP) is 2.40. The first kappa shape index (κ1) is 16.1. The van der Waals surface area contributed by atoms with Gasteiger partial charge in [0.05, 0.1) is 19.8 Å². The minimum absolute atomic E-state index is 0.0588. The highest BCUT2D eigenvalue weighted by Crippen LogP contribution is 2.32. The second-order valence-corrected chi connectivity index (χ2v) is 6.46. The van der Waals surface area contributed by atoms with Crippen LogP contribution in [-0.4, -0.2) is 62.1 Å². The molecule has 0 bridgehead atoms. The van der Waals surface area contributed by atoms with Crippen LogP contribution in [-0.2, 0) is 0 Å². The summed E-state index contributed by atoms with van der Waals surface area (Å²) in [4.78, 5) is 17.6. The monoisotopic (exact) mass is 318 g/mol. The summed E-state index contributed by atoms with van der Waals surface area (Å²) >= 11 is 0. The maximum absolute atomic E-state index is 13.1. The Bertz CT molecular complexity index is 575. The van der Waals surface area contributed by atoms with E-state index >= 15 is 0 Å². The van der Waals surface area contributed by atoms with Crippen molar-refractivity contribution in [3.05, 3.63) is 23.8 Å². The number of likely N-dealkylation sites (N-methyl/N-ethyl adjacent to an activating group) is 1. The van der Waals surface area contributed by atoms with Crippen molar-refractivity contribution >= 4 is 5.91 Å². The van der Waals surface area contributed by atoms with Crippen molar-refractivity contribution in [2.75, 3.05) is 34.4 Å². The lowest BCUT2D eigenvalue weighted by Gasteiger charge is -2.33. The average molecular weight is 318 g/mol. The topological polar surface area (TPSA) is 42.0 Å². The Morgan fingerprint density at radius 2 is 1.83 bits per heavy atom. The molecule has 5 nitrogen and oxygen atoms in total. The molecule has 3 rings (SSSR count). The van der Waals surface area contributed by atoms with E-state index < -0.39 is 0 Å². The van der Waals surface area contributed by atoms with Crippen molar-refractivity contribution in [1.29, 1.82) is 0 Å². The van der Waals surface area contributed by atoms with E-state index in [0.29, 0.717) is 29.1 Å². The molecule has 0 unspecified atom stereocenters. The lowest BCUT2D eigenvalue weighted by atomic mass is 10.0. The molecule has 126 valence electrons. The highest BCUT2D eigenvalue weighted by Gasteiger charge is 2.39. The lowest BCUT2D eigenvalue weighted by molar-refractivity contribution is 0.0661. The molecule has 2 atom stereocenters. The molecule has 1 aromatic rings. The smallest absolute Gasteiger partial charge is 0.258 e. The van der Waals surface area contributed by atoms with E-state index in [0.717, 1.165) is 25.9 Å². The molecule has 0 saturated carbocycles. The standard InChI is InChI=1S/C18H26N2O3/c1-19-10-4-6-15(19)16-7-5-11-20(16)18(21)14-12-13(22-2)8-9-17(14)23-3/h8-9,12,15-16H,4-7,10-11H2,1-3H3/t15-,16-/m1/s1. The maximum atomic E-state index is 13.1. The van der Waals surface area contributed by atoms with E-state index in [9.17, 15) is 4.79 Å². The highest BCUT2D eigenvalue weighted by molar-refractivity contribution is 5.97. The predicted molar refractivity (Wildman–Crippen MR) is 89.3 cm³/mol. The van der Waals surface area contributed by atoms with E-state index in [2.05, 4.69) is 11.9 Å². The van der Waals surface area contributed by atoms with Crippen LogP contribution in [0.5, 0.6) is 11.5 Å². The van der Waals surface area contributed by atoms with Crippen molar-refractivity contribution < 1.29 is 14.3 Å². The van der Waals surface area contributed by atoms with Crippen LogP contribution in [0.1, 0.15) is 36.0 Å². The van der Waals surface area contributed by atoms with Crippen molar-refractivity contribution in [2.24, 2.45) is 0 Å². The average Bonchev–Trinajstić information content (AvgIpc) is 3.21. The fourth-order valence-electron chi connectivity index (χ4n) is 4.00. The van der Waals surface area contributed by atoms with Gasteiger partial charge in [0.15, 0.2) is 0 Å². The van der Waals surface area contributed by atoms with Crippen LogP contribution >= 0.6 is 0 Å². The van der Waals surface area contributed by atoms with Gasteiger partial charge < -0.3 is 19.3 Å². The number of ether oxygens (including phenoxy) is 2. The van der Waals surface area contributed by atoms with Gasteiger partial charge >= 0.3 is 0 Å². The number of carbonyl (C=O) groups is 1. The van der Waals surface area contributed by atoms with E-state index in [4.69, 9.17) is 9.47 Å². The van der Waals surface area contributed by atoms with E-state index in [1.807, 2.05) is 11.0 Å². The van der Waals surface area contributed by atoms with E-state index in [1.165, 1.54) is 12.8 Å². The Hall–Kier alpha value is -1.75. The number of hydrogen-bond donors (Lipinski definition) is 0. The summed E-state index contributed by atoms with van der Waals surface area (Å²) in [6.07, 6.45) is 4.57. The molecular weight excluding hydrogens is 292 g/mol. The first-order chi connectivity index (χ1) is 11.2. The first-order valence-corrected chi connectivity index (χ1v) is 8.39. The maximum Gasteiger partial charge on any atom is 0.258 e. The van der Waals surface area contributed by atoms with Crippen LogP contribution < -0.4 is 9.47 Å². The van der Waals surface area contributed by atoms with Crippen LogP contribution in [0.25, 0.3) is 0 Å². The Balaban J connectivity index is 1.87. The molecule has 0 aliphatic carbocycles. The van der Waals surface area contributed by atoms with Crippen molar-refractivity contribution in [3.63, 3.8) is 0 Å². The number of rotatable bonds is 4. The van der Waals surface area contributed by atoms with Gasteiger partial charge in [0.2, 0.25) is 0 Å². The molecule has 2 aliphatic rings. The van der Waals surface area contributed by atoms with Gasteiger partial charge in [-0.3, -0.25) is 4.79 Å². The fourth-order valence-corrected chi connectivity index (χ4v) is 4.00. The first-order valence-electron chi connectivity index (χ1n) is 8.39. The molecule has 0 aromatic heterocycles. The SMILES string of the molecule is COc1ccc(OC)c(C(=O)N2CCC[C@@H]2[C@H]2CCCN2C)c1. The molecule has 0 N–H and O–H groups in total. The van der Waals surface area contributed by atoms with Gasteiger partial charge in [-0.15, -0.1) is 0 Å². The van der Waals surface area contributed by atoms with Crippen molar-refractivity contribution in [3.8, 4) is 11.5 Å². The van der Waals surface area contributed by atoms with E-state index in [1.54, 1.807) is 26.4 Å². The Labute approximate surface area is 138 Å². The Morgan fingerprint density at radius 1 is 1.09 bits per heavy atom. The molecule has 2 fully saturated rings. The second-order valence-electron chi connectivity index (χ2n) is 6.46. The molecule has 2 aliphatic heterocycles. The van der Waals surface area contributed by atoms with Gasteiger partial charge in [0.25, 0.3) is 5.91 Å². The normalized spacial score (nSPS) is 24.9. The summed E-state index contributed by atoms with van der Waals surface area (Å²) in [6.45, 7) is 1.96. The molecule has 2 saturated heterocycles.